The van der Waals surface area contributed by atoms with E-state index in [2.05, 4.69) is 53.7 Å². The molecule has 7 rings (SSSR count). The fourth-order valence-corrected chi connectivity index (χ4v) is 13.9. The Balaban J connectivity index is 1.06. The molecule has 47 heavy (non-hydrogen) atoms. The van der Waals surface area contributed by atoms with Crippen LogP contribution in [0.15, 0.2) is 23.3 Å². The highest BCUT2D eigenvalue weighted by molar-refractivity contribution is 5.19. The van der Waals surface area contributed by atoms with Crippen molar-refractivity contribution in [1.82, 2.24) is 0 Å². The Morgan fingerprint density at radius 3 is 0.936 bits per heavy atom. The van der Waals surface area contributed by atoms with Crippen LogP contribution in [-0.4, -0.2) is 0 Å². The maximum Gasteiger partial charge on any atom is -0.0200 e. The lowest BCUT2D eigenvalue weighted by atomic mass is 9.64. The van der Waals surface area contributed by atoms with Gasteiger partial charge in [-0.05, 0) is 178 Å². The zero-order chi connectivity index (χ0) is 32.7. The Hall–Kier alpha value is -0.520. The predicted octanol–water partition coefficient (Wildman–Crippen LogP) is 14.2. The highest BCUT2D eigenvalue weighted by Crippen LogP contribution is 2.65. The Kier molecular flexibility index (Phi) is 11.1. The van der Waals surface area contributed by atoms with Gasteiger partial charge >= 0.3 is 0 Å². The van der Waals surface area contributed by atoms with Crippen LogP contribution in [0.2, 0.25) is 0 Å². The molecule has 0 amide bonds. The van der Waals surface area contributed by atoms with Crippen molar-refractivity contribution in [1.29, 1.82) is 0 Å². The average Bonchev–Trinajstić information content (AvgIpc) is 3.29. The van der Waals surface area contributed by atoms with Crippen LogP contribution in [0.4, 0.5) is 0 Å². The van der Waals surface area contributed by atoms with Gasteiger partial charge in [-0.1, -0.05) is 116 Å². The molecule has 0 nitrogen and oxygen atoms in total. The van der Waals surface area contributed by atoms with Crippen LogP contribution < -0.4 is 0 Å². The number of allylic oxidation sites excluding steroid dienone is 4. The monoisotopic (exact) mass is 643 g/mol. The Labute approximate surface area is 293 Å². The maximum atomic E-state index is 3.00. The van der Waals surface area contributed by atoms with Gasteiger partial charge in [-0.2, -0.15) is 0 Å². The summed E-state index contributed by atoms with van der Waals surface area (Å²) in [7, 11) is 0. The minimum atomic E-state index is 0.524. The fraction of sp³-hybridized carbons (Fsp3) is 0.915. The van der Waals surface area contributed by atoms with Gasteiger partial charge in [-0.15, -0.1) is 0 Å². The third-order valence-corrected chi connectivity index (χ3v) is 17.2. The molecule has 0 N–H and O–H groups in total. The van der Waals surface area contributed by atoms with Gasteiger partial charge in [0.2, 0.25) is 0 Å². The van der Waals surface area contributed by atoms with Crippen molar-refractivity contribution in [2.45, 2.75) is 183 Å². The highest BCUT2D eigenvalue weighted by atomic mass is 14.6. The summed E-state index contributed by atoms with van der Waals surface area (Å²) in [5.41, 5.74) is 4.51. The van der Waals surface area contributed by atoms with Crippen molar-refractivity contribution in [3.8, 4) is 0 Å². The van der Waals surface area contributed by atoms with Gasteiger partial charge in [0.15, 0.2) is 0 Å². The lowest BCUT2D eigenvalue weighted by Crippen LogP contribution is -2.33. The van der Waals surface area contributed by atoms with Crippen molar-refractivity contribution < 1.29 is 0 Å². The van der Waals surface area contributed by atoms with Crippen molar-refractivity contribution in [3.63, 3.8) is 0 Å². The Morgan fingerprint density at radius 1 is 0.383 bits per heavy atom. The molecule has 0 aromatic heterocycles. The van der Waals surface area contributed by atoms with E-state index in [0.717, 1.165) is 82.9 Å². The second kappa shape index (κ2) is 15.0. The van der Waals surface area contributed by atoms with Crippen LogP contribution in [-0.2, 0) is 0 Å². The van der Waals surface area contributed by atoms with Gasteiger partial charge in [-0.25, -0.2) is 0 Å². The number of fused-ring (bicyclic) bond motifs is 3. The van der Waals surface area contributed by atoms with Gasteiger partial charge < -0.3 is 0 Å². The Morgan fingerprint density at radius 2 is 0.660 bits per heavy atom. The second-order valence-electron chi connectivity index (χ2n) is 20.7. The molecule has 6 unspecified atom stereocenters. The molecule has 7 fully saturated rings. The van der Waals surface area contributed by atoms with E-state index >= 15 is 0 Å². The summed E-state index contributed by atoms with van der Waals surface area (Å²) in [6, 6.07) is 0. The third kappa shape index (κ3) is 7.73. The summed E-state index contributed by atoms with van der Waals surface area (Å²) in [6.45, 7) is 15.6. The first-order valence-corrected chi connectivity index (χ1v) is 22.1. The minimum Gasteiger partial charge on any atom is -0.0816 e. The van der Waals surface area contributed by atoms with Gasteiger partial charge in [0, 0.05) is 0 Å². The molecule has 0 saturated heterocycles. The molecule has 0 radical (unpaired) electrons. The second-order valence-corrected chi connectivity index (χ2v) is 20.7. The van der Waals surface area contributed by atoms with E-state index in [-0.39, 0.29) is 0 Å². The molecule has 7 saturated carbocycles. The van der Waals surface area contributed by atoms with Gasteiger partial charge in [0.1, 0.15) is 0 Å². The first-order chi connectivity index (χ1) is 22.7. The Bertz CT molecular complexity index is 925. The lowest BCUT2D eigenvalue weighted by Gasteiger charge is -2.41. The quantitative estimate of drug-likeness (QED) is 0.253. The van der Waals surface area contributed by atoms with Crippen LogP contribution in [0.3, 0.4) is 0 Å². The largest absolute Gasteiger partial charge is 0.0816 e. The highest BCUT2D eigenvalue weighted by Gasteiger charge is 2.57. The molecule has 0 heteroatoms. The molecule has 0 spiro atoms. The summed E-state index contributed by atoms with van der Waals surface area (Å²) >= 11 is 0. The fourth-order valence-electron chi connectivity index (χ4n) is 13.9. The molecule has 0 aliphatic heterocycles. The normalized spacial score (nSPS) is 46.9. The van der Waals surface area contributed by atoms with Crippen LogP contribution >= 0.6 is 0 Å². The molecule has 0 heterocycles. The van der Waals surface area contributed by atoms with Crippen molar-refractivity contribution >= 4 is 0 Å². The predicted molar refractivity (Wildman–Crippen MR) is 203 cm³/mol. The number of rotatable bonds is 6. The number of hydrogen-bond donors (Lipinski definition) is 0. The van der Waals surface area contributed by atoms with Crippen LogP contribution in [0.5, 0.6) is 0 Å². The molecule has 0 bridgehead atoms. The first kappa shape index (κ1) is 34.9. The van der Waals surface area contributed by atoms with Crippen molar-refractivity contribution in [2.75, 3.05) is 0 Å². The van der Waals surface area contributed by atoms with Crippen LogP contribution in [0.25, 0.3) is 0 Å². The van der Waals surface area contributed by atoms with Gasteiger partial charge in [0.25, 0.3) is 0 Å². The maximum absolute atomic E-state index is 3.00. The van der Waals surface area contributed by atoms with E-state index in [4.69, 9.17) is 0 Å². The van der Waals surface area contributed by atoms with Crippen LogP contribution in [0.1, 0.15) is 183 Å². The summed E-state index contributed by atoms with van der Waals surface area (Å²) in [6.07, 6.45) is 38.9. The van der Waals surface area contributed by atoms with E-state index in [1.165, 1.54) is 128 Å². The average molecular weight is 643 g/mol. The van der Waals surface area contributed by atoms with E-state index < -0.39 is 0 Å². The molecular weight excluding hydrogens is 565 g/mol. The standard InChI is InChI=1S/C47H78/c1-31-7-17-37(18-8-31)43(38-19-9-32(2)10-20-38)27-35-15-25-41-42-26-16-36(30-46(42)47(5,6)45(41)29-35)28-44(39-21-11-33(3)12-22-39)40-23-13-34(4)14-24-40/h27-28,31-42,45-46H,7-26,29-30H2,1-6H3. The molecule has 7 aliphatic carbocycles. The smallest absolute Gasteiger partial charge is 0.0200 e. The third-order valence-electron chi connectivity index (χ3n) is 17.2. The zero-order valence-electron chi connectivity index (χ0n) is 32.3. The molecule has 266 valence electrons. The van der Waals surface area contributed by atoms with E-state index in [1.807, 2.05) is 11.1 Å². The minimum absolute atomic E-state index is 0.524. The van der Waals surface area contributed by atoms with Gasteiger partial charge in [0.05, 0.1) is 0 Å². The summed E-state index contributed by atoms with van der Waals surface area (Å²) in [5, 5.41) is 0. The molecular formula is C47H78. The van der Waals surface area contributed by atoms with E-state index in [1.54, 1.807) is 12.8 Å². The summed E-state index contributed by atoms with van der Waals surface area (Å²) < 4.78 is 0. The number of hydrogen-bond acceptors (Lipinski definition) is 0. The molecule has 0 aromatic rings. The molecule has 7 aliphatic rings. The SMILES string of the molecule is CC1CCC(C(=CC2CCC3C4CCC(C=C(C5CCC(C)CC5)C5CCC(C)CC5)CC4C(C)(C)C3C2)C2CCC(C)CC2)CC1. The first-order valence-electron chi connectivity index (χ1n) is 22.1. The van der Waals surface area contributed by atoms with E-state index in [9.17, 15) is 0 Å². The van der Waals surface area contributed by atoms with E-state index in [0.29, 0.717) is 5.41 Å². The summed E-state index contributed by atoms with van der Waals surface area (Å²) in [4.78, 5) is 0. The van der Waals surface area contributed by atoms with Crippen molar-refractivity contribution in [2.24, 2.45) is 88.3 Å². The lowest BCUT2D eigenvalue weighted by molar-refractivity contribution is 0.104. The molecule has 6 atom stereocenters. The zero-order valence-corrected chi connectivity index (χ0v) is 32.3. The summed E-state index contributed by atoms with van der Waals surface area (Å²) in [5.74, 6) is 13.3. The van der Waals surface area contributed by atoms with Crippen molar-refractivity contribution in [3.05, 3.63) is 23.3 Å². The topological polar surface area (TPSA) is 0 Å². The van der Waals surface area contributed by atoms with Gasteiger partial charge in [-0.3, -0.25) is 0 Å². The molecule has 0 aromatic carbocycles. The van der Waals surface area contributed by atoms with Crippen LogP contribution in [0, 0.1) is 88.3 Å².